The van der Waals surface area contributed by atoms with E-state index in [1.807, 2.05) is 0 Å². The zero-order chi connectivity index (χ0) is 46.2. The summed E-state index contributed by atoms with van der Waals surface area (Å²) in [7, 11) is 0. The molecule has 2 heteroatoms. The third kappa shape index (κ3) is 5.62. The zero-order valence-corrected chi connectivity index (χ0v) is 38.5. The molecule has 0 aliphatic heterocycles. The Bertz CT molecular complexity index is 3930. The van der Waals surface area contributed by atoms with Crippen molar-refractivity contribution in [3.63, 3.8) is 0 Å². The van der Waals surface area contributed by atoms with E-state index < -0.39 is 10.8 Å². The van der Waals surface area contributed by atoms with Crippen LogP contribution >= 0.6 is 0 Å². The molecular weight excluding hydrogens is 845 g/mol. The second-order valence-electron chi connectivity index (χ2n) is 18.7. The molecule has 11 aromatic carbocycles. The van der Waals surface area contributed by atoms with E-state index in [1.54, 1.807) is 0 Å². The van der Waals surface area contributed by atoms with Crippen LogP contribution < -0.4 is 4.90 Å². The van der Waals surface area contributed by atoms with Crippen LogP contribution in [0.25, 0.3) is 49.7 Å². The molecular formula is C68H46N2. The van der Waals surface area contributed by atoms with Crippen molar-refractivity contribution >= 4 is 38.9 Å². The largest absolute Gasteiger partial charge is 0.310 e. The molecule has 2 aliphatic carbocycles. The number of aromatic nitrogens is 1. The lowest BCUT2D eigenvalue weighted by atomic mass is 9.51. The second-order valence-corrected chi connectivity index (χ2v) is 18.7. The highest BCUT2D eigenvalue weighted by Gasteiger charge is 2.58. The summed E-state index contributed by atoms with van der Waals surface area (Å²) < 4.78 is 2.40. The number of anilines is 3. The lowest BCUT2D eigenvalue weighted by Gasteiger charge is -2.50. The van der Waals surface area contributed by atoms with Gasteiger partial charge in [-0.3, -0.25) is 0 Å². The Balaban J connectivity index is 1.09. The van der Waals surface area contributed by atoms with E-state index in [0.717, 1.165) is 22.7 Å². The van der Waals surface area contributed by atoms with Crippen LogP contribution in [0.15, 0.2) is 279 Å². The van der Waals surface area contributed by atoms with Gasteiger partial charge >= 0.3 is 0 Å². The van der Waals surface area contributed by atoms with Crippen LogP contribution in [-0.2, 0) is 10.8 Å². The maximum atomic E-state index is 2.52. The van der Waals surface area contributed by atoms with Crippen molar-refractivity contribution in [3.05, 3.63) is 324 Å². The monoisotopic (exact) mass is 890 g/mol. The van der Waals surface area contributed by atoms with Crippen LogP contribution in [0.5, 0.6) is 0 Å². The summed E-state index contributed by atoms with van der Waals surface area (Å²) in [4.78, 5) is 2.52. The van der Waals surface area contributed by atoms with Crippen molar-refractivity contribution in [2.45, 2.75) is 10.8 Å². The van der Waals surface area contributed by atoms with E-state index in [4.69, 9.17) is 0 Å². The van der Waals surface area contributed by atoms with Gasteiger partial charge in [0.2, 0.25) is 0 Å². The quantitative estimate of drug-likeness (QED) is 0.148. The summed E-state index contributed by atoms with van der Waals surface area (Å²) in [6.07, 6.45) is 0. The molecule has 2 unspecified atom stereocenters. The smallest absolute Gasteiger partial charge is 0.0728 e. The van der Waals surface area contributed by atoms with Crippen LogP contribution in [0.4, 0.5) is 17.1 Å². The van der Waals surface area contributed by atoms with E-state index in [1.165, 1.54) is 88.6 Å². The first-order valence-electron chi connectivity index (χ1n) is 24.3. The Hall–Kier alpha value is -8.98. The standard InChI is InChI=1S/C68H46N2/c1-5-22-47(23-6-1)48-40-42-52(43-41-48)69(53-44-45-64-57(46-53)55-31-14-19-38-63(55)70(64)51-28-11-4-12-29-51)65-39-20-18-36-61(65)67(49-24-7-2-8-25-49)59-34-16-17-35-60(59)68(50-26-9-3-10-27-50)58-33-15-13-30-54(58)56-32-21-37-62(67)66(56)68/h1-46H. The van der Waals surface area contributed by atoms with E-state index in [9.17, 15) is 0 Å². The van der Waals surface area contributed by atoms with Gasteiger partial charge < -0.3 is 9.47 Å². The fraction of sp³-hybridized carbons (Fsp3) is 0.0294. The molecule has 328 valence electrons. The summed E-state index contributed by atoms with van der Waals surface area (Å²) in [6.45, 7) is 0. The van der Waals surface area contributed by atoms with Crippen molar-refractivity contribution in [2.75, 3.05) is 4.90 Å². The highest BCUT2D eigenvalue weighted by molar-refractivity contribution is 6.11. The van der Waals surface area contributed by atoms with Gasteiger partial charge in [0.1, 0.15) is 0 Å². The Morgan fingerprint density at radius 3 is 1.53 bits per heavy atom. The van der Waals surface area contributed by atoms with Crippen LogP contribution in [0.1, 0.15) is 44.5 Å². The lowest BCUT2D eigenvalue weighted by molar-refractivity contribution is 0.627. The van der Waals surface area contributed by atoms with Crippen molar-refractivity contribution in [1.29, 1.82) is 0 Å². The Morgan fingerprint density at radius 2 is 0.800 bits per heavy atom. The molecule has 2 nitrogen and oxygen atoms in total. The second kappa shape index (κ2) is 15.8. The average molecular weight is 891 g/mol. The number of hydrogen-bond acceptors (Lipinski definition) is 1. The Kier molecular flexibility index (Phi) is 9.06. The van der Waals surface area contributed by atoms with Crippen molar-refractivity contribution < 1.29 is 0 Å². The van der Waals surface area contributed by atoms with Gasteiger partial charge in [-0.2, -0.15) is 0 Å². The molecule has 14 rings (SSSR count). The molecule has 2 aliphatic rings. The molecule has 0 saturated heterocycles. The number of hydrogen-bond donors (Lipinski definition) is 0. The molecule has 0 fully saturated rings. The van der Waals surface area contributed by atoms with Gasteiger partial charge in [0.25, 0.3) is 0 Å². The molecule has 0 saturated carbocycles. The van der Waals surface area contributed by atoms with Crippen LogP contribution in [-0.4, -0.2) is 4.57 Å². The van der Waals surface area contributed by atoms with E-state index >= 15 is 0 Å². The predicted octanol–water partition coefficient (Wildman–Crippen LogP) is 17.0. The minimum absolute atomic E-state index is 0.543. The molecule has 0 bridgehead atoms. The first-order chi connectivity index (χ1) is 34.8. The molecule has 1 aromatic heterocycles. The Labute approximate surface area is 408 Å². The van der Waals surface area contributed by atoms with Gasteiger partial charge in [-0.25, -0.2) is 0 Å². The zero-order valence-electron chi connectivity index (χ0n) is 38.5. The van der Waals surface area contributed by atoms with E-state index in [2.05, 4.69) is 289 Å². The molecule has 0 radical (unpaired) electrons. The van der Waals surface area contributed by atoms with Gasteiger partial charge in [0, 0.05) is 27.8 Å². The van der Waals surface area contributed by atoms with E-state index in [-0.39, 0.29) is 0 Å². The van der Waals surface area contributed by atoms with Crippen LogP contribution in [0.3, 0.4) is 0 Å². The summed E-state index contributed by atoms with van der Waals surface area (Å²) in [5.41, 5.74) is 20.7. The third-order valence-corrected chi connectivity index (χ3v) is 15.3. The SMILES string of the molecule is c1ccc(-c2ccc(N(c3ccc4c(c3)c3ccccc3n4-c3ccccc3)c3ccccc3C3(c4ccccc4)c4ccccc4C4(c5ccccc5)c5ccccc5-c5cccc3c54)cc2)cc1. The van der Waals surface area contributed by atoms with Gasteiger partial charge in [-0.05, 0) is 121 Å². The fourth-order valence-corrected chi connectivity index (χ4v) is 12.6. The number of rotatable bonds is 8. The van der Waals surface area contributed by atoms with Crippen molar-refractivity contribution in [2.24, 2.45) is 0 Å². The van der Waals surface area contributed by atoms with Gasteiger partial charge in [0.15, 0.2) is 0 Å². The molecule has 70 heavy (non-hydrogen) atoms. The molecule has 2 atom stereocenters. The maximum Gasteiger partial charge on any atom is 0.0728 e. The highest BCUT2D eigenvalue weighted by atomic mass is 15.1. The first kappa shape index (κ1) is 40.1. The molecule has 1 heterocycles. The summed E-state index contributed by atoms with van der Waals surface area (Å²) in [5, 5.41) is 2.42. The number of benzene rings is 11. The van der Waals surface area contributed by atoms with E-state index in [0.29, 0.717) is 0 Å². The summed E-state index contributed by atoms with van der Waals surface area (Å²) in [5.74, 6) is 0. The number of para-hydroxylation sites is 3. The van der Waals surface area contributed by atoms with Crippen LogP contribution in [0, 0.1) is 0 Å². The predicted molar refractivity (Wildman–Crippen MR) is 290 cm³/mol. The third-order valence-electron chi connectivity index (χ3n) is 15.3. The molecule has 0 amide bonds. The van der Waals surface area contributed by atoms with Gasteiger partial charge in [-0.15, -0.1) is 0 Å². The molecule has 0 N–H and O–H groups in total. The van der Waals surface area contributed by atoms with Crippen molar-refractivity contribution in [3.8, 4) is 27.9 Å². The highest BCUT2D eigenvalue weighted by Crippen LogP contribution is 2.66. The van der Waals surface area contributed by atoms with Gasteiger partial charge in [0.05, 0.1) is 27.6 Å². The minimum Gasteiger partial charge on any atom is -0.310 e. The fourth-order valence-electron chi connectivity index (χ4n) is 12.6. The minimum atomic E-state index is -0.754. The van der Waals surface area contributed by atoms with Crippen molar-refractivity contribution in [1.82, 2.24) is 4.57 Å². The summed E-state index contributed by atoms with van der Waals surface area (Å²) >= 11 is 0. The lowest BCUT2D eigenvalue weighted by Crippen LogP contribution is -2.44. The number of nitrogens with zero attached hydrogens (tertiary/aromatic N) is 2. The molecule has 12 aromatic rings. The topological polar surface area (TPSA) is 8.17 Å². The number of fused-ring (bicyclic) bond motifs is 8. The average Bonchev–Trinajstić information content (AvgIpc) is 3.94. The first-order valence-corrected chi connectivity index (χ1v) is 24.3. The van der Waals surface area contributed by atoms with Gasteiger partial charge in [-0.1, -0.05) is 224 Å². The maximum absolute atomic E-state index is 2.52. The molecule has 0 spiro atoms. The Morgan fingerprint density at radius 1 is 0.300 bits per heavy atom. The summed E-state index contributed by atoms with van der Waals surface area (Å²) in [6, 6.07) is 104. The normalized spacial score (nSPS) is 16.4. The van der Waals surface area contributed by atoms with Crippen LogP contribution in [0.2, 0.25) is 0 Å².